The maximum atomic E-state index is 12.1. The summed E-state index contributed by atoms with van der Waals surface area (Å²) in [7, 11) is 1.93. The van der Waals surface area contributed by atoms with Gasteiger partial charge in [-0.1, -0.05) is 6.92 Å². The average Bonchev–Trinajstić information content (AvgIpc) is 2.61. The van der Waals surface area contributed by atoms with Crippen LogP contribution < -0.4 is 0 Å². The van der Waals surface area contributed by atoms with E-state index in [0.717, 1.165) is 24.7 Å². The lowest BCUT2D eigenvalue weighted by Crippen LogP contribution is -2.31. The van der Waals surface area contributed by atoms with Crippen molar-refractivity contribution in [2.24, 2.45) is 13.0 Å². The van der Waals surface area contributed by atoms with Crippen LogP contribution in [0.2, 0.25) is 0 Å². The molecule has 1 saturated heterocycles. The second-order valence-electron chi connectivity index (χ2n) is 5.24. The van der Waals surface area contributed by atoms with Gasteiger partial charge in [-0.25, -0.2) is 0 Å². The monoisotopic (exact) mass is 234 g/mol. The minimum Gasteiger partial charge on any atom is -0.348 e. The van der Waals surface area contributed by atoms with E-state index in [1.807, 2.05) is 29.9 Å². The maximum Gasteiger partial charge on any atom is 0.193 e. The van der Waals surface area contributed by atoms with Crippen LogP contribution in [0.15, 0.2) is 18.3 Å². The Bertz CT molecular complexity index is 383. The molecule has 1 atom stereocenters. The van der Waals surface area contributed by atoms with E-state index in [1.54, 1.807) is 0 Å². The van der Waals surface area contributed by atoms with Crippen LogP contribution in [0, 0.1) is 5.92 Å². The van der Waals surface area contributed by atoms with Gasteiger partial charge in [-0.2, -0.15) is 0 Å². The minimum absolute atomic E-state index is 0.243. The van der Waals surface area contributed by atoms with Gasteiger partial charge < -0.3 is 4.57 Å². The van der Waals surface area contributed by atoms with Crippen LogP contribution in [0.1, 0.15) is 36.7 Å². The second kappa shape index (κ2) is 5.50. The molecule has 1 aliphatic rings. The van der Waals surface area contributed by atoms with E-state index < -0.39 is 0 Å². The van der Waals surface area contributed by atoms with Gasteiger partial charge in [0.2, 0.25) is 0 Å². The Kier molecular flexibility index (Phi) is 4.00. The number of rotatable bonds is 3. The molecule has 0 spiro atoms. The van der Waals surface area contributed by atoms with Crippen molar-refractivity contribution in [1.82, 2.24) is 9.47 Å². The lowest BCUT2D eigenvalue weighted by atomic mass is 10.0. The molecule has 0 aromatic carbocycles. The minimum atomic E-state index is 0.243. The third kappa shape index (κ3) is 3.19. The van der Waals surface area contributed by atoms with Crippen molar-refractivity contribution in [2.75, 3.05) is 19.6 Å². The Balaban J connectivity index is 1.92. The van der Waals surface area contributed by atoms with Crippen molar-refractivity contribution in [2.45, 2.75) is 26.2 Å². The number of hydrogen-bond acceptors (Lipinski definition) is 2. The van der Waals surface area contributed by atoms with E-state index in [4.69, 9.17) is 0 Å². The van der Waals surface area contributed by atoms with Gasteiger partial charge in [0, 0.05) is 13.2 Å². The largest absolute Gasteiger partial charge is 0.348 e. The summed E-state index contributed by atoms with van der Waals surface area (Å²) < 4.78 is 1.91. The first-order chi connectivity index (χ1) is 8.16. The van der Waals surface area contributed by atoms with Gasteiger partial charge in [-0.05, 0) is 50.4 Å². The number of Topliss-reactive ketones (excluding diaryl/α,β-unsaturated/α-hetero) is 1. The van der Waals surface area contributed by atoms with E-state index in [9.17, 15) is 4.79 Å². The number of ketones is 1. The molecule has 0 radical (unpaired) electrons. The number of aromatic nitrogens is 1. The van der Waals surface area contributed by atoms with Gasteiger partial charge in [0.25, 0.3) is 0 Å². The third-order valence-electron chi connectivity index (χ3n) is 3.71. The number of carbonyl (C=O) groups excluding carboxylic acids is 1. The molecule has 94 valence electrons. The molecule has 0 amide bonds. The van der Waals surface area contributed by atoms with Gasteiger partial charge in [-0.3, -0.25) is 9.69 Å². The Morgan fingerprint density at radius 1 is 1.41 bits per heavy atom. The van der Waals surface area contributed by atoms with Gasteiger partial charge in [0.15, 0.2) is 5.78 Å². The van der Waals surface area contributed by atoms with Crippen LogP contribution in [0.4, 0.5) is 0 Å². The Morgan fingerprint density at radius 2 is 2.24 bits per heavy atom. The third-order valence-corrected chi connectivity index (χ3v) is 3.71. The van der Waals surface area contributed by atoms with Crippen molar-refractivity contribution in [3.8, 4) is 0 Å². The normalized spacial score (nSPS) is 22.4. The topological polar surface area (TPSA) is 25.2 Å². The molecule has 0 N–H and O–H groups in total. The number of nitrogens with zero attached hydrogens (tertiary/aromatic N) is 2. The first-order valence-electron chi connectivity index (χ1n) is 6.53. The fourth-order valence-corrected chi connectivity index (χ4v) is 2.52. The smallest absolute Gasteiger partial charge is 0.193 e. The summed E-state index contributed by atoms with van der Waals surface area (Å²) in [5, 5.41) is 0. The molecule has 0 bridgehead atoms. The zero-order valence-electron chi connectivity index (χ0n) is 10.9. The van der Waals surface area contributed by atoms with E-state index in [0.29, 0.717) is 6.54 Å². The lowest BCUT2D eigenvalue weighted by molar-refractivity contribution is 0.0924. The Morgan fingerprint density at radius 3 is 2.94 bits per heavy atom. The lowest BCUT2D eigenvalue weighted by Gasteiger charge is -2.18. The predicted octanol–water partition coefficient (Wildman–Crippen LogP) is 2.33. The van der Waals surface area contributed by atoms with Crippen molar-refractivity contribution in [3.63, 3.8) is 0 Å². The SMILES string of the molecule is CC1CCCN(CC(=O)c2cccn2C)CC1. The number of carbonyl (C=O) groups is 1. The molecule has 1 fully saturated rings. The highest BCUT2D eigenvalue weighted by atomic mass is 16.1. The fourth-order valence-electron chi connectivity index (χ4n) is 2.52. The molecule has 1 aromatic heterocycles. The van der Waals surface area contributed by atoms with Crippen LogP contribution in [0.25, 0.3) is 0 Å². The first-order valence-corrected chi connectivity index (χ1v) is 6.53. The highest BCUT2D eigenvalue weighted by Crippen LogP contribution is 2.16. The summed E-state index contributed by atoms with van der Waals surface area (Å²) in [6.45, 7) is 5.02. The summed E-state index contributed by atoms with van der Waals surface area (Å²) in [6.07, 6.45) is 5.68. The molecule has 3 heteroatoms. The average molecular weight is 234 g/mol. The summed E-state index contributed by atoms with van der Waals surface area (Å²) in [6, 6.07) is 3.83. The molecule has 1 unspecified atom stereocenters. The van der Waals surface area contributed by atoms with E-state index in [-0.39, 0.29) is 5.78 Å². The molecule has 2 heterocycles. The zero-order chi connectivity index (χ0) is 12.3. The fraction of sp³-hybridized carbons (Fsp3) is 0.643. The van der Waals surface area contributed by atoms with Crippen molar-refractivity contribution in [1.29, 1.82) is 0 Å². The summed E-state index contributed by atoms with van der Waals surface area (Å²) in [5.41, 5.74) is 0.822. The number of aryl methyl sites for hydroxylation is 1. The van der Waals surface area contributed by atoms with Crippen molar-refractivity contribution in [3.05, 3.63) is 24.0 Å². The van der Waals surface area contributed by atoms with Crippen LogP contribution in [0.5, 0.6) is 0 Å². The van der Waals surface area contributed by atoms with Crippen molar-refractivity contribution < 1.29 is 4.79 Å². The highest BCUT2D eigenvalue weighted by Gasteiger charge is 2.17. The van der Waals surface area contributed by atoms with Crippen molar-refractivity contribution >= 4 is 5.78 Å². The first kappa shape index (κ1) is 12.4. The molecular weight excluding hydrogens is 212 g/mol. The predicted molar refractivity (Wildman–Crippen MR) is 69.2 cm³/mol. The van der Waals surface area contributed by atoms with E-state index >= 15 is 0 Å². The van der Waals surface area contributed by atoms with Gasteiger partial charge in [-0.15, -0.1) is 0 Å². The molecule has 1 aliphatic heterocycles. The summed E-state index contributed by atoms with van der Waals surface area (Å²) in [4.78, 5) is 14.4. The Hall–Kier alpha value is -1.09. The number of likely N-dealkylation sites (tertiary alicyclic amines) is 1. The van der Waals surface area contributed by atoms with Crippen LogP contribution >= 0.6 is 0 Å². The van der Waals surface area contributed by atoms with Crippen LogP contribution in [-0.4, -0.2) is 34.9 Å². The van der Waals surface area contributed by atoms with Crippen LogP contribution in [0.3, 0.4) is 0 Å². The number of hydrogen-bond donors (Lipinski definition) is 0. The van der Waals surface area contributed by atoms with E-state index in [1.165, 1.54) is 19.3 Å². The summed E-state index contributed by atoms with van der Waals surface area (Å²) >= 11 is 0. The van der Waals surface area contributed by atoms with E-state index in [2.05, 4.69) is 11.8 Å². The van der Waals surface area contributed by atoms with Crippen LogP contribution in [-0.2, 0) is 7.05 Å². The Labute approximate surface area is 103 Å². The molecule has 0 saturated carbocycles. The maximum absolute atomic E-state index is 12.1. The van der Waals surface area contributed by atoms with Gasteiger partial charge in [0.05, 0.1) is 12.2 Å². The zero-order valence-corrected chi connectivity index (χ0v) is 10.9. The molecule has 2 rings (SSSR count). The standard InChI is InChI=1S/C14H22N2O/c1-12-5-3-9-16(10-7-12)11-14(17)13-6-4-8-15(13)2/h4,6,8,12H,3,5,7,9-11H2,1-2H3. The van der Waals surface area contributed by atoms with Gasteiger partial charge in [0.1, 0.15) is 0 Å². The second-order valence-corrected chi connectivity index (χ2v) is 5.24. The highest BCUT2D eigenvalue weighted by molar-refractivity contribution is 5.96. The molecule has 1 aromatic rings. The molecular formula is C14H22N2O. The molecule has 17 heavy (non-hydrogen) atoms. The quantitative estimate of drug-likeness (QED) is 0.750. The molecule has 0 aliphatic carbocycles. The van der Waals surface area contributed by atoms with Gasteiger partial charge >= 0.3 is 0 Å². The molecule has 3 nitrogen and oxygen atoms in total. The summed E-state index contributed by atoms with van der Waals surface area (Å²) in [5.74, 6) is 1.05.